The molecule has 3 nitrogen and oxygen atoms in total. The van der Waals surface area contributed by atoms with Gasteiger partial charge in [-0.1, -0.05) is 18.2 Å². The first-order chi connectivity index (χ1) is 8.15. The van der Waals surface area contributed by atoms with E-state index in [2.05, 4.69) is 0 Å². The van der Waals surface area contributed by atoms with Gasteiger partial charge in [-0.15, -0.1) is 0 Å². The highest BCUT2D eigenvalue weighted by molar-refractivity contribution is 6.10. The topological polar surface area (TPSA) is 37.4 Å². The van der Waals surface area contributed by atoms with Crippen LogP contribution in [-0.2, 0) is 15.0 Å². The van der Waals surface area contributed by atoms with Crippen LogP contribution in [0.3, 0.4) is 0 Å². The van der Waals surface area contributed by atoms with Crippen molar-refractivity contribution < 1.29 is 9.59 Å². The third-order valence-corrected chi connectivity index (χ3v) is 4.05. The van der Waals surface area contributed by atoms with Crippen molar-refractivity contribution in [3.63, 3.8) is 0 Å². The highest BCUT2D eigenvalue weighted by atomic mass is 16.2. The van der Waals surface area contributed by atoms with Gasteiger partial charge >= 0.3 is 0 Å². The van der Waals surface area contributed by atoms with E-state index < -0.39 is 5.41 Å². The van der Waals surface area contributed by atoms with Crippen LogP contribution in [0.4, 0.5) is 5.69 Å². The van der Waals surface area contributed by atoms with Gasteiger partial charge in [-0.05, 0) is 24.5 Å². The number of para-hydroxylation sites is 1. The standard InChI is InChI=1S/C14H15NO2/c1-15-12-7-3-2-6-11(12)14(13(15)17)8-4-5-10(16)9-14/h2-3,6-7H,4-5,8-9H2,1H3. The number of benzene rings is 1. The van der Waals surface area contributed by atoms with Crippen molar-refractivity contribution in [3.8, 4) is 0 Å². The number of hydrogen-bond acceptors (Lipinski definition) is 2. The van der Waals surface area contributed by atoms with Gasteiger partial charge in [-0.25, -0.2) is 0 Å². The molecule has 1 aliphatic carbocycles. The number of carbonyl (C=O) groups excluding carboxylic acids is 2. The monoisotopic (exact) mass is 229 g/mol. The fourth-order valence-corrected chi connectivity index (χ4v) is 3.23. The molecule has 1 aliphatic heterocycles. The molecule has 1 fully saturated rings. The van der Waals surface area contributed by atoms with Crippen molar-refractivity contribution >= 4 is 17.4 Å². The number of ketones is 1. The van der Waals surface area contributed by atoms with Crippen LogP contribution in [0.5, 0.6) is 0 Å². The summed E-state index contributed by atoms with van der Waals surface area (Å²) in [6.07, 6.45) is 2.64. The molecule has 0 saturated heterocycles. The molecular weight excluding hydrogens is 214 g/mol. The average Bonchev–Trinajstić information content (AvgIpc) is 2.54. The Kier molecular flexibility index (Phi) is 2.12. The Morgan fingerprint density at radius 2 is 2.00 bits per heavy atom. The first-order valence-corrected chi connectivity index (χ1v) is 6.04. The Morgan fingerprint density at radius 3 is 2.76 bits per heavy atom. The molecule has 2 aliphatic rings. The van der Waals surface area contributed by atoms with Gasteiger partial charge in [-0.2, -0.15) is 0 Å². The first kappa shape index (κ1) is 10.5. The molecule has 0 aromatic heterocycles. The van der Waals surface area contributed by atoms with Crippen LogP contribution < -0.4 is 4.90 Å². The molecule has 3 heteroatoms. The Labute approximate surface area is 100 Å². The third kappa shape index (κ3) is 1.28. The zero-order valence-corrected chi connectivity index (χ0v) is 9.90. The van der Waals surface area contributed by atoms with Crippen molar-refractivity contribution in [1.82, 2.24) is 0 Å². The molecule has 1 aromatic carbocycles. The number of anilines is 1. The molecule has 1 amide bonds. The molecule has 0 bridgehead atoms. The van der Waals surface area contributed by atoms with Crippen LogP contribution in [0.15, 0.2) is 24.3 Å². The third-order valence-electron chi connectivity index (χ3n) is 4.05. The van der Waals surface area contributed by atoms with Crippen LogP contribution in [0.25, 0.3) is 0 Å². The smallest absolute Gasteiger partial charge is 0.237 e. The molecule has 1 aromatic rings. The largest absolute Gasteiger partial charge is 0.314 e. The van der Waals surface area contributed by atoms with Crippen LogP contribution in [0.2, 0.25) is 0 Å². The first-order valence-electron chi connectivity index (χ1n) is 6.04. The lowest BCUT2D eigenvalue weighted by molar-refractivity contribution is -0.130. The van der Waals surface area contributed by atoms with Gasteiger partial charge in [0.25, 0.3) is 0 Å². The molecule has 1 heterocycles. The van der Waals surface area contributed by atoms with E-state index in [1.165, 1.54) is 0 Å². The van der Waals surface area contributed by atoms with Crippen LogP contribution in [0, 0.1) is 0 Å². The summed E-state index contributed by atoms with van der Waals surface area (Å²) in [4.78, 5) is 25.9. The fraction of sp³-hybridized carbons (Fsp3) is 0.429. The normalized spacial score (nSPS) is 27.7. The molecule has 1 spiro atoms. The summed E-state index contributed by atoms with van der Waals surface area (Å²) >= 11 is 0. The minimum absolute atomic E-state index is 0.0896. The summed E-state index contributed by atoms with van der Waals surface area (Å²) in [7, 11) is 1.80. The van der Waals surface area contributed by atoms with E-state index in [0.717, 1.165) is 24.1 Å². The minimum atomic E-state index is -0.555. The van der Waals surface area contributed by atoms with E-state index in [0.29, 0.717) is 12.8 Å². The molecule has 1 atom stereocenters. The van der Waals surface area contributed by atoms with Gasteiger partial charge < -0.3 is 4.90 Å². The number of amides is 1. The summed E-state index contributed by atoms with van der Waals surface area (Å²) in [5.41, 5.74) is 1.45. The van der Waals surface area contributed by atoms with Gasteiger partial charge in [0, 0.05) is 25.6 Å². The van der Waals surface area contributed by atoms with E-state index in [9.17, 15) is 9.59 Å². The molecular formula is C14H15NO2. The second kappa shape index (κ2) is 3.42. The Balaban J connectivity index is 2.17. The summed E-state index contributed by atoms with van der Waals surface area (Å²) in [5.74, 6) is 0.307. The van der Waals surface area contributed by atoms with Crippen molar-refractivity contribution in [1.29, 1.82) is 0 Å². The maximum absolute atomic E-state index is 12.5. The SMILES string of the molecule is CN1C(=O)C2(CCCC(=O)C2)c2ccccc21. The van der Waals surface area contributed by atoms with Crippen molar-refractivity contribution in [3.05, 3.63) is 29.8 Å². The van der Waals surface area contributed by atoms with E-state index in [4.69, 9.17) is 0 Å². The summed E-state index contributed by atoms with van der Waals surface area (Å²) in [6, 6.07) is 7.84. The van der Waals surface area contributed by atoms with Gasteiger partial charge in [-0.3, -0.25) is 9.59 Å². The Morgan fingerprint density at radius 1 is 1.24 bits per heavy atom. The van der Waals surface area contributed by atoms with Gasteiger partial charge in [0.2, 0.25) is 5.91 Å². The predicted molar refractivity (Wildman–Crippen MR) is 65.0 cm³/mol. The quantitative estimate of drug-likeness (QED) is 0.682. The van der Waals surface area contributed by atoms with Crippen molar-refractivity contribution in [2.75, 3.05) is 11.9 Å². The van der Waals surface area contributed by atoms with E-state index in [1.807, 2.05) is 24.3 Å². The zero-order valence-electron chi connectivity index (χ0n) is 9.90. The predicted octanol–water partition coefficient (Wildman–Crippen LogP) is 2.04. The maximum atomic E-state index is 12.5. The van der Waals surface area contributed by atoms with E-state index >= 15 is 0 Å². The van der Waals surface area contributed by atoms with Crippen molar-refractivity contribution in [2.24, 2.45) is 0 Å². The van der Waals surface area contributed by atoms with E-state index in [1.54, 1.807) is 11.9 Å². The number of carbonyl (C=O) groups is 2. The molecule has 17 heavy (non-hydrogen) atoms. The number of Topliss-reactive ketones (excluding diaryl/α,β-unsaturated/α-hetero) is 1. The number of rotatable bonds is 0. The second-order valence-electron chi connectivity index (χ2n) is 5.03. The van der Waals surface area contributed by atoms with Crippen molar-refractivity contribution in [2.45, 2.75) is 31.1 Å². The molecule has 1 unspecified atom stereocenters. The molecule has 3 rings (SSSR count). The highest BCUT2D eigenvalue weighted by Gasteiger charge is 2.51. The van der Waals surface area contributed by atoms with Gasteiger partial charge in [0.05, 0.1) is 5.41 Å². The minimum Gasteiger partial charge on any atom is -0.314 e. The van der Waals surface area contributed by atoms with E-state index in [-0.39, 0.29) is 11.7 Å². The number of likely N-dealkylation sites (N-methyl/N-ethyl adjacent to an activating group) is 1. The maximum Gasteiger partial charge on any atom is 0.237 e. The lowest BCUT2D eigenvalue weighted by atomic mass is 9.70. The summed E-state index contributed by atoms with van der Waals surface area (Å²) in [6.45, 7) is 0. The van der Waals surface area contributed by atoms with Gasteiger partial charge in [0.1, 0.15) is 5.78 Å². The second-order valence-corrected chi connectivity index (χ2v) is 5.03. The lowest BCUT2D eigenvalue weighted by Gasteiger charge is -2.31. The van der Waals surface area contributed by atoms with Crippen LogP contribution in [-0.4, -0.2) is 18.7 Å². The molecule has 0 radical (unpaired) electrons. The zero-order chi connectivity index (χ0) is 12.0. The molecule has 1 saturated carbocycles. The molecule has 88 valence electrons. The number of nitrogens with zero attached hydrogens (tertiary/aromatic N) is 1. The summed E-state index contributed by atoms with van der Waals surface area (Å²) in [5, 5.41) is 0. The summed E-state index contributed by atoms with van der Waals surface area (Å²) < 4.78 is 0. The van der Waals surface area contributed by atoms with Crippen LogP contribution in [0.1, 0.15) is 31.2 Å². The highest BCUT2D eigenvalue weighted by Crippen LogP contribution is 2.48. The van der Waals surface area contributed by atoms with Gasteiger partial charge in [0.15, 0.2) is 0 Å². The molecule has 0 N–H and O–H groups in total. The Bertz CT molecular complexity index is 509. The number of fused-ring (bicyclic) bond motifs is 2. The fourth-order valence-electron chi connectivity index (χ4n) is 3.23. The Hall–Kier alpha value is -1.64. The average molecular weight is 229 g/mol. The van der Waals surface area contributed by atoms with Crippen LogP contribution >= 0.6 is 0 Å². The number of hydrogen-bond donors (Lipinski definition) is 0. The lowest BCUT2D eigenvalue weighted by Crippen LogP contribution is -2.42.